The van der Waals surface area contributed by atoms with Crippen LogP contribution in [0.2, 0.25) is 0 Å². The highest BCUT2D eigenvalue weighted by molar-refractivity contribution is 6.09. The third-order valence-electron chi connectivity index (χ3n) is 4.22. The van der Waals surface area contributed by atoms with Crippen LogP contribution in [0.1, 0.15) is 30.6 Å². The van der Waals surface area contributed by atoms with Crippen LogP contribution in [0.3, 0.4) is 0 Å². The van der Waals surface area contributed by atoms with Gasteiger partial charge >= 0.3 is 5.97 Å². The minimum atomic E-state index is -1.15. The number of benzene rings is 2. The first-order valence-corrected chi connectivity index (χ1v) is 9.36. The topological polar surface area (TPSA) is 111 Å². The number of esters is 1. The van der Waals surface area contributed by atoms with Crippen molar-refractivity contribution in [2.45, 2.75) is 20.3 Å². The number of rotatable bonds is 9. The van der Waals surface area contributed by atoms with E-state index in [2.05, 4.69) is 15.4 Å². The fourth-order valence-corrected chi connectivity index (χ4v) is 2.66. The molecule has 8 nitrogen and oxygen atoms in total. The van der Waals surface area contributed by atoms with Gasteiger partial charge in [-0.05, 0) is 62.4 Å². The molecule has 2 rings (SSSR count). The molecule has 0 aliphatic carbocycles. The molecular formula is C22H24N2O6. The zero-order valence-corrected chi connectivity index (χ0v) is 17.1. The van der Waals surface area contributed by atoms with E-state index in [1.54, 1.807) is 24.3 Å². The number of carbonyl (C=O) groups is 4. The number of Topliss-reactive ketones (excluding diaryl/α,β-unsaturated/α-hetero) is 1. The van der Waals surface area contributed by atoms with Crippen LogP contribution in [0, 0.1) is 5.92 Å². The van der Waals surface area contributed by atoms with Crippen LogP contribution in [0.25, 0.3) is 0 Å². The minimum Gasteiger partial charge on any atom is -0.494 e. The number of ether oxygens (including phenoxy) is 2. The van der Waals surface area contributed by atoms with Crippen LogP contribution < -0.4 is 15.4 Å². The molecular weight excluding hydrogens is 388 g/mol. The molecule has 2 N–H and O–H groups in total. The maximum atomic E-state index is 12.5. The van der Waals surface area contributed by atoms with E-state index >= 15 is 0 Å². The van der Waals surface area contributed by atoms with E-state index in [1.165, 1.54) is 38.3 Å². The highest BCUT2D eigenvalue weighted by Crippen LogP contribution is 2.18. The van der Waals surface area contributed by atoms with Gasteiger partial charge in [0, 0.05) is 17.8 Å². The van der Waals surface area contributed by atoms with Crippen molar-refractivity contribution < 1.29 is 28.7 Å². The van der Waals surface area contributed by atoms with Crippen molar-refractivity contribution >= 4 is 34.9 Å². The quantitative estimate of drug-likeness (QED) is 0.484. The van der Waals surface area contributed by atoms with Gasteiger partial charge in [-0.25, -0.2) is 4.79 Å². The van der Waals surface area contributed by atoms with Gasteiger partial charge in [-0.1, -0.05) is 0 Å². The fraction of sp³-hybridized carbons (Fsp3) is 0.273. The first-order valence-electron chi connectivity index (χ1n) is 9.36. The SMILES string of the molecule is CCOc1ccc(NC(=O)CC(C(C)=O)C(=O)Nc2ccc(C(=O)OC)cc2)cc1. The van der Waals surface area contributed by atoms with Crippen molar-refractivity contribution in [3.63, 3.8) is 0 Å². The van der Waals surface area contributed by atoms with Gasteiger partial charge in [0.1, 0.15) is 17.5 Å². The van der Waals surface area contributed by atoms with Gasteiger partial charge in [0.2, 0.25) is 11.8 Å². The lowest BCUT2D eigenvalue weighted by molar-refractivity contribution is -0.133. The second kappa shape index (κ2) is 10.8. The summed E-state index contributed by atoms with van der Waals surface area (Å²) < 4.78 is 9.96. The summed E-state index contributed by atoms with van der Waals surface area (Å²) in [6.45, 7) is 3.66. The molecule has 2 amide bonds. The number of nitrogens with one attached hydrogen (secondary N) is 2. The van der Waals surface area contributed by atoms with Gasteiger partial charge in [-0.3, -0.25) is 14.4 Å². The Bertz CT molecular complexity index is 906. The highest BCUT2D eigenvalue weighted by Gasteiger charge is 2.26. The van der Waals surface area contributed by atoms with Crippen LogP contribution in [-0.4, -0.2) is 37.3 Å². The first kappa shape index (κ1) is 22.6. The lowest BCUT2D eigenvalue weighted by Gasteiger charge is -2.14. The van der Waals surface area contributed by atoms with Gasteiger partial charge in [-0.15, -0.1) is 0 Å². The van der Waals surface area contributed by atoms with Crippen LogP contribution >= 0.6 is 0 Å². The number of hydrogen-bond donors (Lipinski definition) is 2. The maximum Gasteiger partial charge on any atom is 0.337 e. The average Bonchev–Trinajstić information content (AvgIpc) is 2.73. The Morgan fingerprint density at radius 2 is 1.47 bits per heavy atom. The lowest BCUT2D eigenvalue weighted by Crippen LogP contribution is -2.32. The summed E-state index contributed by atoms with van der Waals surface area (Å²) in [5.74, 6) is -2.46. The summed E-state index contributed by atoms with van der Waals surface area (Å²) in [7, 11) is 1.27. The smallest absolute Gasteiger partial charge is 0.337 e. The second-order valence-electron chi connectivity index (χ2n) is 6.43. The molecule has 158 valence electrons. The molecule has 2 aromatic carbocycles. The van der Waals surface area contributed by atoms with E-state index in [1.807, 2.05) is 6.92 Å². The van der Waals surface area contributed by atoms with Gasteiger partial charge in [0.15, 0.2) is 0 Å². The maximum absolute atomic E-state index is 12.5. The molecule has 0 radical (unpaired) electrons. The molecule has 0 bridgehead atoms. The van der Waals surface area contributed by atoms with E-state index in [9.17, 15) is 19.2 Å². The molecule has 0 aromatic heterocycles. The molecule has 0 aliphatic heterocycles. The summed E-state index contributed by atoms with van der Waals surface area (Å²) in [5, 5.41) is 5.25. The number of hydrogen-bond acceptors (Lipinski definition) is 6. The van der Waals surface area contributed by atoms with Crippen molar-refractivity contribution in [3.05, 3.63) is 54.1 Å². The van der Waals surface area contributed by atoms with Crippen LogP contribution in [0.5, 0.6) is 5.75 Å². The minimum absolute atomic E-state index is 0.297. The number of carbonyl (C=O) groups excluding carboxylic acids is 4. The van der Waals surface area contributed by atoms with Crippen molar-refractivity contribution in [2.75, 3.05) is 24.4 Å². The third kappa shape index (κ3) is 6.44. The molecule has 0 fully saturated rings. The molecule has 1 unspecified atom stereocenters. The van der Waals surface area contributed by atoms with Crippen LogP contribution in [0.15, 0.2) is 48.5 Å². The van der Waals surface area contributed by atoms with Gasteiger partial charge in [0.05, 0.1) is 19.3 Å². The van der Waals surface area contributed by atoms with Crippen molar-refractivity contribution in [1.82, 2.24) is 0 Å². The summed E-state index contributed by atoms with van der Waals surface area (Å²) in [6, 6.07) is 12.8. The zero-order valence-electron chi connectivity index (χ0n) is 17.1. The van der Waals surface area contributed by atoms with Gasteiger partial charge < -0.3 is 20.1 Å². The largest absolute Gasteiger partial charge is 0.494 e. The van der Waals surface area contributed by atoms with Crippen molar-refractivity contribution in [1.29, 1.82) is 0 Å². The van der Waals surface area contributed by atoms with Gasteiger partial charge in [0.25, 0.3) is 0 Å². The Hall–Kier alpha value is -3.68. The van der Waals surface area contributed by atoms with Crippen molar-refractivity contribution in [3.8, 4) is 5.75 Å². The number of ketones is 1. The van der Waals surface area contributed by atoms with E-state index < -0.39 is 29.5 Å². The van der Waals surface area contributed by atoms with E-state index in [-0.39, 0.29) is 6.42 Å². The standard InChI is InChI=1S/C22H24N2O6/c1-4-30-18-11-9-16(10-12-18)23-20(26)13-19(14(2)25)21(27)24-17-7-5-15(6-8-17)22(28)29-3/h5-12,19H,4,13H2,1-3H3,(H,23,26)(H,24,27). The highest BCUT2D eigenvalue weighted by atomic mass is 16.5. The predicted molar refractivity (Wildman–Crippen MR) is 111 cm³/mol. The summed E-state index contributed by atoms with van der Waals surface area (Å²) >= 11 is 0. The van der Waals surface area contributed by atoms with Crippen LogP contribution in [0.4, 0.5) is 11.4 Å². The first-order chi connectivity index (χ1) is 14.3. The molecule has 8 heteroatoms. The summed E-state index contributed by atoms with van der Waals surface area (Å²) in [5.41, 5.74) is 1.25. The molecule has 0 saturated heterocycles. The molecule has 1 atom stereocenters. The molecule has 0 aliphatic rings. The lowest BCUT2D eigenvalue weighted by atomic mass is 9.99. The predicted octanol–water partition coefficient (Wildman–Crippen LogP) is 3.04. The monoisotopic (exact) mass is 412 g/mol. The molecule has 0 spiro atoms. The fourth-order valence-electron chi connectivity index (χ4n) is 2.66. The number of methoxy groups -OCH3 is 1. The Morgan fingerprint density at radius 3 is 2.00 bits per heavy atom. The average molecular weight is 412 g/mol. The second-order valence-corrected chi connectivity index (χ2v) is 6.43. The van der Waals surface area contributed by atoms with E-state index in [0.29, 0.717) is 29.3 Å². The molecule has 30 heavy (non-hydrogen) atoms. The molecule has 0 heterocycles. The van der Waals surface area contributed by atoms with E-state index in [4.69, 9.17) is 4.74 Å². The Kier molecular flexibility index (Phi) is 8.10. The Labute approximate surface area is 174 Å². The van der Waals surface area contributed by atoms with E-state index in [0.717, 1.165) is 0 Å². The van der Waals surface area contributed by atoms with Gasteiger partial charge in [-0.2, -0.15) is 0 Å². The normalized spacial score (nSPS) is 11.2. The summed E-state index contributed by atoms with van der Waals surface area (Å²) in [6.07, 6.45) is -0.297. The summed E-state index contributed by atoms with van der Waals surface area (Å²) in [4.78, 5) is 48.2. The Morgan fingerprint density at radius 1 is 0.900 bits per heavy atom. The third-order valence-corrected chi connectivity index (χ3v) is 4.22. The number of amides is 2. The van der Waals surface area contributed by atoms with Crippen molar-refractivity contribution in [2.24, 2.45) is 5.92 Å². The number of anilines is 2. The molecule has 0 saturated carbocycles. The molecule has 2 aromatic rings. The van der Waals surface area contributed by atoms with Crippen LogP contribution in [-0.2, 0) is 19.1 Å². The Balaban J connectivity index is 1.98. The zero-order chi connectivity index (χ0) is 22.1.